The molecule has 0 radical (unpaired) electrons. The number of hydrogen-bond acceptors (Lipinski definition) is 3. The van der Waals surface area contributed by atoms with Crippen molar-refractivity contribution in [3.8, 4) is 0 Å². The Kier molecular flexibility index (Phi) is 9.82. The highest BCUT2D eigenvalue weighted by Gasteiger charge is 2.29. The van der Waals surface area contributed by atoms with Crippen LogP contribution in [0.25, 0.3) is 0 Å². The molecule has 0 bridgehead atoms. The highest BCUT2D eigenvalue weighted by atomic mass is 127. The second-order valence-electron chi connectivity index (χ2n) is 6.86. The van der Waals surface area contributed by atoms with Crippen LogP contribution in [0.1, 0.15) is 57.1 Å². The van der Waals surface area contributed by atoms with E-state index in [1.807, 2.05) is 13.8 Å². The first-order valence-electron chi connectivity index (χ1n) is 9.55. The standard InChI is InChI=1S/C19H34N4O.HI/c1-6-16(7-2)17-10-12-23(13-17)19(20-8-3)21-11-9-18-14(4)22-24-15(18)5;/h16-17H,6-13H2,1-5H3,(H,20,21);1H. The molecular weight excluding hydrogens is 427 g/mol. The minimum absolute atomic E-state index is 0. The van der Waals surface area contributed by atoms with E-state index < -0.39 is 0 Å². The van der Waals surface area contributed by atoms with Gasteiger partial charge in [0.1, 0.15) is 5.76 Å². The Labute approximate surface area is 170 Å². The number of aryl methyl sites for hydroxylation is 2. The fourth-order valence-electron chi connectivity index (χ4n) is 3.88. The van der Waals surface area contributed by atoms with Crippen LogP contribution >= 0.6 is 24.0 Å². The van der Waals surface area contributed by atoms with Gasteiger partial charge >= 0.3 is 0 Å². The van der Waals surface area contributed by atoms with Gasteiger partial charge in [0.2, 0.25) is 0 Å². The Bertz CT molecular complexity index is 520. The maximum absolute atomic E-state index is 5.24. The van der Waals surface area contributed by atoms with Crippen LogP contribution in [0.3, 0.4) is 0 Å². The van der Waals surface area contributed by atoms with E-state index in [0.29, 0.717) is 0 Å². The van der Waals surface area contributed by atoms with E-state index in [2.05, 4.69) is 36.1 Å². The molecule has 2 heterocycles. The van der Waals surface area contributed by atoms with Gasteiger partial charge in [0.15, 0.2) is 5.96 Å². The molecule has 1 unspecified atom stereocenters. The molecule has 1 atom stereocenters. The van der Waals surface area contributed by atoms with Crippen molar-refractivity contribution in [3.63, 3.8) is 0 Å². The molecule has 25 heavy (non-hydrogen) atoms. The highest BCUT2D eigenvalue weighted by molar-refractivity contribution is 14.0. The predicted octanol–water partition coefficient (Wildman–Crippen LogP) is 4.18. The van der Waals surface area contributed by atoms with E-state index >= 15 is 0 Å². The number of aliphatic imine (C=N–C) groups is 1. The molecule has 144 valence electrons. The molecule has 1 N–H and O–H groups in total. The monoisotopic (exact) mass is 462 g/mol. The van der Waals surface area contributed by atoms with Gasteiger partial charge in [-0.3, -0.25) is 4.99 Å². The summed E-state index contributed by atoms with van der Waals surface area (Å²) < 4.78 is 5.24. The molecule has 0 aromatic carbocycles. The van der Waals surface area contributed by atoms with Gasteiger partial charge in [-0.1, -0.05) is 31.8 Å². The normalized spacial score (nSPS) is 17.9. The molecule has 1 aliphatic heterocycles. The fraction of sp³-hybridized carbons (Fsp3) is 0.789. The first kappa shape index (κ1) is 22.3. The quantitative estimate of drug-likeness (QED) is 0.376. The third kappa shape index (κ3) is 5.86. The van der Waals surface area contributed by atoms with Crippen molar-refractivity contribution in [2.45, 2.75) is 60.3 Å². The van der Waals surface area contributed by atoms with Gasteiger partial charge in [0.05, 0.1) is 5.69 Å². The lowest BCUT2D eigenvalue weighted by Gasteiger charge is -2.24. The summed E-state index contributed by atoms with van der Waals surface area (Å²) >= 11 is 0. The SMILES string of the molecule is CCNC(=NCCc1c(C)noc1C)N1CCC(C(CC)CC)C1.I. The van der Waals surface area contributed by atoms with E-state index in [4.69, 9.17) is 9.52 Å². The first-order valence-corrected chi connectivity index (χ1v) is 9.55. The van der Waals surface area contributed by atoms with Gasteiger partial charge in [-0.05, 0) is 45.4 Å². The maximum Gasteiger partial charge on any atom is 0.193 e. The summed E-state index contributed by atoms with van der Waals surface area (Å²) in [5.41, 5.74) is 2.19. The number of rotatable bonds is 7. The maximum atomic E-state index is 5.24. The topological polar surface area (TPSA) is 53.7 Å². The Morgan fingerprint density at radius 3 is 2.60 bits per heavy atom. The third-order valence-corrected chi connectivity index (χ3v) is 5.38. The van der Waals surface area contributed by atoms with Gasteiger partial charge in [-0.2, -0.15) is 0 Å². The Morgan fingerprint density at radius 2 is 2.04 bits per heavy atom. The van der Waals surface area contributed by atoms with Crippen LogP contribution in [0.5, 0.6) is 0 Å². The summed E-state index contributed by atoms with van der Waals surface area (Å²) in [4.78, 5) is 7.30. The van der Waals surface area contributed by atoms with Crippen molar-refractivity contribution in [3.05, 3.63) is 17.0 Å². The third-order valence-electron chi connectivity index (χ3n) is 5.38. The largest absolute Gasteiger partial charge is 0.361 e. The lowest BCUT2D eigenvalue weighted by Crippen LogP contribution is -2.40. The van der Waals surface area contributed by atoms with Gasteiger partial charge in [0.25, 0.3) is 0 Å². The number of likely N-dealkylation sites (tertiary alicyclic amines) is 1. The van der Waals surface area contributed by atoms with Crippen LogP contribution in [-0.2, 0) is 6.42 Å². The van der Waals surface area contributed by atoms with Crippen molar-refractivity contribution in [1.82, 2.24) is 15.4 Å². The van der Waals surface area contributed by atoms with Crippen molar-refractivity contribution in [2.75, 3.05) is 26.2 Å². The predicted molar refractivity (Wildman–Crippen MR) is 115 cm³/mol. The van der Waals surface area contributed by atoms with E-state index in [-0.39, 0.29) is 24.0 Å². The fourth-order valence-corrected chi connectivity index (χ4v) is 3.88. The summed E-state index contributed by atoms with van der Waals surface area (Å²) in [7, 11) is 0. The van der Waals surface area contributed by atoms with Crippen molar-refractivity contribution < 1.29 is 4.52 Å². The Morgan fingerprint density at radius 1 is 1.32 bits per heavy atom. The summed E-state index contributed by atoms with van der Waals surface area (Å²) in [5.74, 6) is 3.65. The first-order chi connectivity index (χ1) is 11.6. The zero-order chi connectivity index (χ0) is 17.5. The van der Waals surface area contributed by atoms with Crippen LogP contribution < -0.4 is 5.32 Å². The molecule has 0 amide bonds. The molecule has 1 fully saturated rings. The van der Waals surface area contributed by atoms with E-state index in [9.17, 15) is 0 Å². The Hall–Kier alpha value is -0.790. The van der Waals surface area contributed by atoms with Crippen molar-refractivity contribution >= 4 is 29.9 Å². The van der Waals surface area contributed by atoms with Gasteiger partial charge in [-0.25, -0.2) is 0 Å². The summed E-state index contributed by atoms with van der Waals surface area (Å²) in [6, 6.07) is 0. The number of halogens is 1. The van der Waals surface area contributed by atoms with Crippen LogP contribution in [0.15, 0.2) is 9.52 Å². The Balaban J connectivity index is 0.00000312. The number of guanidine groups is 1. The van der Waals surface area contributed by atoms with Gasteiger partial charge < -0.3 is 14.7 Å². The molecule has 2 rings (SSSR count). The van der Waals surface area contributed by atoms with Gasteiger partial charge in [-0.15, -0.1) is 24.0 Å². The number of nitrogens with one attached hydrogen (secondary N) is 1. The minimum atomic E-state index is 0. The average Bonchev–Trinajstić information content (AvgIpc) is 3.17. The molecule has 1 aromatic rings. The summed E-state index contributed by atoms with van der Waals surface area (Å²) in [6.07, 6.45) is 4.75. The minimum Gasteiger partial charge on any atom is -0.361 e. The number of aromatic nitrogens is 1. The lowest BCUT2D eigenvalue weighted by molar-refractivity contribution is 0.319. The highest BCUT2D eigenvalue weighted by Crippen LogP contribution is 2.28. The molecule has 0 aliphatic carbocycles. The van der Waals surface area contributed by atoms with E-state index in [0.717, 1.165) is 61.8 Å². The van der Waals surface area contributed by atoms with Gasteiger partial charge in [0, 0.05) is 31.7 Å². The van der Waals surface area contributed by atoms with Crippen LogP contribution in [0, 0.1) is 25.7 Å². The second-order valence-corrected chi connectivity index (χ2v) is 6.86. The van der Waals surface area contributed by atoms with Crippen molar-refractivity contribution in [2.24, 2.45) is 16.8 Å². The molecule has 0 spiro atoms. The van der Waals surface area contributed by atoms with Crippen LogP contribution in [0.4, 0.5) is 0 Å². The van der Waals surface area contributed by atoms with E-state index in [1.54, 1.807) is 0 Å². The van der Waals surface area contributed by atoms with Crippen LogP contribution in [0.2, 0.25) is 0 Å². The lowest BCUT2D eigenvalue weighted by atomic mass is 9.87. The number of nitrogens with zero attached hydrogens (tertiary/aromatic N) is 3. The molecule has 5 nitrogen and oxygen atoms in total. The molecular formula is C19H35IN4O. The average molecular weight is 462 g/mol. The molecule has 1 saturated heterocycles. The second kappa shape index (κ2) is 11.0. The number of hydrogen-bond donors (Lipinski definition) is 1. The zero-order valence-electron chi connectivity index (χ0n) is 16.5. The smallest absolute Gasteiger partial charge is 0.193 e. The van der Waals surface area contributed by atoms with E-state index in [1.165, 1.54) is 24.8 Å². The summed E-state index contributed by atoms with van der Waals surface area (Å²) in [5, 5.41) is 7.49. The molecule has 0 saturated carbocycles. The molecule has 1 aromatic heterocycles. The molecule has 6 heteroatoms. The zero-order valence-corrected chi connectivity index (χ0v) is 18.8. The summed E-state index contributed by atoms with van der Waals surface area (Å²) in [6.45, 7) is 14.7. The molecule has 1 aliphatic rings. The van der Waals surface area contributed by atoms with Crippen molar-refractivity contribution in [1.29, 1.82) is 0 Å². The van der Waals surface area contributed by atoms with Crippen LogP contribution in [-0.4, -0.2) is 42.2 Å².